The van der Waals surface area contributed by atoms with E-state index in [9.17, 15) is 0 Å². The van der Waals surface area contributed by atoms with E-state index in [4.69, 9.17) is 4.74 Å². The fraction of sp³-hybridized carbons (Fsp3) is 0.625. The number of ether oxygens (including phenoxy) is 1. The molecule has 1 aromatic rings. The summed E-state index contributed by atoms with van der Waals surface area (Å²) in [6, 6.07) is 11.1. The quantitative estimate of drug-likeness (QED) is 0.852. The van der Waals surface area contributed by atoms with E-state index in [1.54, 1.807) is 0 Å². The van der Waals surface area contributed by atoms with Crippen molar-refractivity contribution in [3.8, 4) is 0 Å². The molecular weight excluding hydrogens is 236 g/mol. The predicted molar refractivity (Wildman–Crippen MR) is 79.3 cm³/mol. The number of benzene rings is 1. The molecule has 0 amide bonds. The van der Waals surface area contributed by atoms with Crippen molar-refractivity contribution in [2.75, 3.05) is 32.8 Å². The number of morpholine rings is 1. The second-order valence-electron chi connectivity index (χ2n) is 5.17. The summed E-state index contributed by atoms with van der Waals surface area (Å²) in [6.07, 6.45) is 1.43. The minimum Gasteiger partial charge on any atom is -0.374 e. The molecule has 0 spiro atoms. The van der Waals surface area contributed by atoms with E-state index >= 15 is 0 Å². The second kappa shape index (κ2) is 7.63. The van der Waals surface area contributed by atoms with Crippen LogP contribution in [0.5, 0.6) is 0 Å². The van der Waals surface area contributed by atoms with E-state index in [-0.39, 0.29) is 0 Å². The summed E-state index contributed by atoms with van der Waals surface area (Å²) < 4.78 is 5.84. The average Bonchev–Trinajstić information content (AvgIpc) is 2.49. The zero-order valence-electron chi connectivity index (χ0n) is 12.1. The van der Waals surface area contributed by atoms with Crippen LogP contribution in [0.15, 0.2) is 30.3 Å². The highest BCUT2D eigenvalue weighted by atomic mass is 16.5. The van der Waals surface area contributed by atoms with Gasteiger partial charge in [-0.25, -0.2) is 0 Å². The summed E-state index contributed by atoms with van der Waals surface area (Å²) >= 11 is 0. The van der Waals surface area contributed by atoms with Crippen LogP contribution >= 0.6 is 0 Å². The fourth-order valence-corrected chi connectivity index (χ4v) is 2.65. The number of likely N-dealkylation sites (N-methyl/N-ethyl adjacent to an activating group) is 1. The third-order valence-electron chi connectivity index (χ3n) is 3.87. The summed E-state index contributed by atoms with van der Waals surface area (Å²) in [5.41, 5.74) is 1.37. The minimum absolute atomic E-state index is 0.325. The lowest BCUT2D eigenvalue weighted by atomic mass is 10.0. The predicted octanol–water partition coefficient (Wildman–Crippen LogP) is 2.45. The lowest BCUT2D eigenvalue weighted by Gasteiger charge is -2.33. The maximum atomic E-state index is 5.84. The molecule has 1 heterocycles. The Labute approximate surface area is 116 Å². The van der Waals surface area contributed by atoms with Crippen molar-refractivity contribution in [1.82, 2.24) is 10.2 Å². The number of nitrogens with one attached hydrogen (secondary N) is 1. The normalized spacial score (nSPS) is 22.3. The first-order valence-electron chi connectivity index (χ1n) is 7.45. The molecule has 2 unspecified atom stereocenters. The molecule has 2 rings (SSSR count). The van der Waals surface area contributed by atoms with Gasteiger partial charge in [-0.05, 0) is 18.5 Å². The third kappa shape index (κ3) is 4.30. The lowest BCUT2D eigenvalue weighted by molar-refractivity contribution is -0.0264. The molecule has 19 heavy (non-hydrogen) atoms. The van der Waals surface area contributed by atoms with E-state index in [0.29, 0.717) is 12.1 Å². The molecular formula is C16H26N2O. The van der Waals surface area contributed by atoms with Crippen molar-refractivity contribution in [2.24, 2.45) is 0 Å². The highest BCUT2D eigenvalue weighted by molar-refractivity contribution is 5.18. The summed E-state index contributed by atoms with van der Waals surface area (Å²) in [5.74, 6) is 0. The van der Waals surface area contributed by atoms with Gasteiger partial charge in [0, 0.05) is 25.7 Å². The van der Waals surface area contributed by atoms with Crippen molar-refractivity contribution in [1.29, 1.82) is 0 Å². The van der Waals surface area contributed by atoms with Crippen molar-refractivity contribution in [3.05, 3.63) is 35.9 Å². The zero-order chi connectivity index (χ0) is 13.5. The summed E-state index contributed by atoms with van der Waals surface area (Å²) in [6.45, 7) is 9.49. The van der Waals surface area contributed by atoms with E-state index in [2.05, 4.69) is 54.4 Å². The Balaban J connectivity index is 1.83. The van der Waals surface area contributed by atoms with Crippen molar-refractivity contribution >= 4 is 0 Å². The van der Waals surface area contributed by atoms with E-state index in [1.165, 1.54) is 5.56 Å². The maximum Gasteiger partial charge on any atom is 0.0826 e. The molecule has 1 aromatic carbocycles. The number of rotatable bonds is 6. The maximum absolute atomic E-state index is 5.84. The van der Waals surface area contributed by atoms with Gasteiger partial charge in [-0.15, -0.1) is 0 Å². The summed E-state index contributed by atoms with van der Waals surface area (Å²) in [4.78, 5) is 2.46. The van der Waals surface area contributed by atoms with Crippen LogP contribution in [-0.4, -0.2) is 43.8 Å². The minimum atomic E-state index is 0.325. The Hall–Kier alpha value is -0.900. The first-order chi connectivity index (χ1) is 9.33. The van der Waals surface area contributed by atoms with Gasteiger partial charge in [0.15, 0.2) is 0 Å². The smallest absolute Gasteiger partial charge is 0.0826 e. The fourth-order valence-electron chi connectivity index (χ4n) is 2.65. The molecule has 1 saturated heterocycles. The number of nitrogens with zero attached hydrogens (tertiary/aromatic N) is 1. The van der Waals surface area contributed by atoms with Crippen molar-refractivity contribution in [3.63, 3.8) is 0 Å². The number of hydrogen-bond donors (Lipinski definition) is 1. The Morgan fingerprint density at radius 1 is 1.32 bits per heavy atom. The topological polar surface area (TPSA) is 24.5 Å². The van der Waals surface area contributed by atoms with Crippen LogP contribution in [-0.2, 0) is 4.74 Å². The summed E-state index contributed by atoms with van der Waals surface area (Å²) in [5, 5.41) is 3.65. The lowest BCUT2D eigenvalue weighted by Crippen LogP contribution is -2.46. The van der Waals surface area contributed by atoms with E-state index in [0.717, 1.165) is 39.2 Å². The SMILES string of the molecule is CCC(NCC1CN(CC)CCO1)c1ccccc1. The molecule has 0 aromatic heterocycles. The summed E-state index contributed by atoms with van der Waals surface area (Å²) in [7, 11) is 0. The van der Waals surface area contributed by atoms with Crippen LogP contribution < -0.4 is 5.32 Å². The highest BCUT2D eigenvalue weighted by Crippen LogP contribution is 2.16. The molecule has 1 N–H and O–H groups in total. The molecule has 0 radical (unpaired) electrons. The largest absolute Gasteiger partial charge is 0.374 e. The van der Waals surface area contributed by atoms with Crippen LogP contribution in [0.2, 0.25) is 0 Å². The number of hydrogen-bond acceptors (Lipinski definition) is 3. The van der Waals surface area contributed by atoms with Crippen molar-refractivity contribution < 1.29 is 4.74 Å². The van der Waals surface area contributed by atoms with Crippen LogP contribution in [0.4, 0.5) is 0 Å². The average molecular weight is 262 g/mol. The van der Waals surface area contributed by atoms with E-state index in [1.807, 2.05) is 0 Å². The monoisotopic (exact) mass is 262 g/mol. The Morgan fingerprint density at radius 2 is 2.11 bits per heavy atom. The molecule has 0 bridgehead atoms. The standard InChI is InChI=1S/C16H26N2O/c1-3-16(14-8-6-5-7-9-14)17-12-15-13-18(4-2)10-11-19-15/h5-9,15-17H,3-4,10-13H2,1-2H3. The molecule has 3 heteroatoms. The second-order valence-corrected chi connectivity index (χ2v) is 5.17. The van der Waals surface area contributed by atoms with Gasteiger partial charge in [-0.1, -0.05) is 44.2 Å². The van der Waals surface area contributed by atoms with Crippen LogP contribution in [0.1, 0.15) is 31.9 Å². The van der Waals surface area contributed by atoms with Gasteiger partial charge in [-0.3, -0.25) is 4.90 Å². The van der Waals surface area contributed by atoms with Gasteiger partial charge in [0.1, 0.15) is 0 Å². The van der Waals surface area contributed by atoms with Gasteiger partial charge < -0.3 is 10.1 Å². The van der Waals surface area contributed by atoms with Gasteiger partial charge in [0.2, 0.25) is 0 Å². The molecule has 0 saturated carbocycles. The first kappa shape index (κ1) is 14.5. The molecule has 1 aliphatic heterocycles. The Morgan fingerprint density at radius 3 is 2.79 bits per heavy atom. The molecule has 106 valence electrons. The molecule has 2 atom stereocenters. The Kier molecular flexibility index (Phi) is 5.83. The van der Waals surface area contributed by atoms with Crippen LogP contribution in [0.25, 0.3) is 0 Å². The van der Waals surface area contributed by atoms with Crippen LogP contribution in [0.3, 0.4) is 0 Å². The molecule has 3 nitrogen and oxygen atoms in total. The van der Waals surface area contributed by atoms with Gasteiger partial charge >= 0.3 is 0 Å². The third-order valence-corrected chi connectivity index (χ3v) is 3.87. The highest BCUT2D eigenvalue weighted by Gasteiger charge is 2.20. The first-order valence-corrected chi connectivity index (χ1v) is 7.45. The van der Waals surface area contributed by atoms with Gasteiger partial charge in [-0.2, -0.15) is 0 Å². The molecule has 1 fully saturated rings. The zero-order valence-corrected chi connectivity index (χ0v) is 12.1. The van der Waals surface area contributed by atoms with Crippen LogP contribution in [0, 0.1) is 0 Å². The van der Waals surface area contributed by atoms with Crippen molar-refractivity contribution in [2.45, 2.75) is 32.4 Å². The van der Waals surface area contributed by atoms with Gasteiger partial charge in [0.25, 0.3) is 0 Å². The molecule has 1 aliphatic rings. The van der Waals surface area contributed by atoms with E-state index < -0.39 is 0 Å². The molecule has 0 aliphatic carbocycles. The van der Waals surface area contributed by atoms with Gasteiger partial charge in [0.05, 0.1) is 12.7 Å². The Bertz CT molecular complexity index is 355.